The van der Waals surface area contributed by atoms with E-state index < -0.39 is 20.1 Å². The Morgan fingerprint density at radius 2 is 1.91 bits per heavy atom. The highest BCUT2D eigenvalue weighted by Crippen LogP contribution is 2.12. The molecule has 0 aliphatic rings. The van der Waals surface area contributed by atoms with E-state index in [2.05, 4.69) is 37.1 Å². The van der Waals surface area contributed by atoms with Crippen molar-refractivity contribution in [2.24, 2.45) is 0 Å². The van der Waals surface area contributed by atoms with Gasteiger partial charge < -0.3 is 10.1 Å². The van der Waals surface area contributed by atoms with Crippen LogP contribution >= 0.6 is 0 Å². The summed E-state index contributed by atoms with van der Waals surface area (Å²) in [6, 6.07) is 8.66. The van der Waals surface area contributed by atoms with Gasteiger partial charge in [0, 0.05) is 13.3 Å². The maximum absolute atomic E-state index is 11.7. The predicted octanol–water partition coefficient (Wildman–Crippen LogP) is 2.01. The lowest BCUT2D eigenvalue weighted by Crippen LogP contribution is -2.42. The summed E-state index contributed by atoms with van der Waals surface area (Å²) in [5, 5.41) is 3.98. The van der Waals surface area contributed by atoms with Crippen molar-refractivity contribution in [3.8, 4) is 0 Å². The van der Waals surface area contributed by atoms with Crippen molar-refractivity contribution in [2.45, 2.75) is 38.5 Å². The fourth-order valence-electron chi connectivity index (χ4n) is 2.39. The van der Waals surface area contributed by atoms with Crippen molar-refractivity contribution in [1.29, 1.82) is 0 Å². The molecular formula is C17H25NO3Si. The zero-order valence-corrected chi connectivity index (χ0v) is 14.8. The first-order valence-electron chi connectivity index (χ1n) is 7.35. The number of carbonyl (C=O) groups excluding carboxylic acids is 2. The Labute approximate surface area is 133 Å². The molecule has 0 aromatic heterocycles. The standard InChI is InChI=1S/C17H25NO3Si/c1-6-11-22(4,5)15-9-7-14(8-10-15)12-16(17(20)21-3)18-13(2)19/h6-10,16H,1,11-12H2,2-5H3,(H,18,19)/t16-/m0/s1. The maximum Gasteiger partial charge on any atom is 0.328 e. The zero-order chi connectivity index (χ0) is 16.8. The predicted molar refractivity (Wildman–Crippen MR) is 91.9 cm³/mol. The van der Waals surface area contributed by atoms with Gasteiger partial charge in [0.25, 0.3) is 0 Å². The molecule has 0 unspecified atom stereocenters. The Balaban J connectivity index is 2.87. The maximum atomic E-state index is 11.7. The Bertz CT molecular complexity index is 537. The zero-order valence-electron chi connectivity index (χ0n) is 13.8. The van der Waals surface area contributed by atoms with E-state index in [1.165, 1.54) is 19.2 Å². The average Bonchev–Trinajstić information content (AvgIpc) is 2.45. The normalized spacial score (nSPS) is 12.4. The molecule has 0 heterocycles. The molecule has 1 aromatic carbocycles. The number of rotatable bonds is 7. The Kier molecular flexibility index (Phi) is 6.55. The monoisotopic (exact) mass is 319 g/mol. The molecule has 1 aromatic rings. The first-order valence-corrected chi connectivity index (χ1v) is 10.6. The number of nitrogens with one attached hydrogen (secondary N) is 1. The minimum Gasteiger partial charge on any atom is -0.467 e. The van der Waals surface area contributed by atoms with E-state index in [1.807, 2.05) is 18.2 Å². The van der Waals surface area contributed by atoms with Crippen LogP contribution < -0.4 is 10.5 Å². The quantitative estimate of drug-likeness (QED) is 0.475. The van der Waals surface area contributed by atoms with Gasteiger partial charge in [-0.15, -0.1) is 6.58 Å². The van der Waals surface area contributed by atoms with Gasteiger partial charge in [0.2, 0.25) is 5.91 Å². The molecule has 4 nitrogen and oxygen atoms in total. The first-order chi connectivity index (χ1) is 10.3. The SMILES string of the molecule is C=CC[Si](C)(C)c1ccc(C[C@H](NC(C)=O)C(=O)OC)cc1. The Morgan fingerprint density at radius 3 is 2.36 bits per heavy atom. The summed E-state index contributed by atoms with van der Waals surface area (Å²) in [4.78, 5) is 22.9. The lowest BCUT2D eigenvalue weighted by molar-refractivity contribution is -0.144. The molecule has 1 amide bonds. The third kappa shape index (κ3) is 5.15. The van der Waals surface area contributed by atoms with Gasteiger partial charge in [-0.05, 0) is 11.6 Å². The van der Waals surface area contributed by atoms with Crippen LogP contribution in [0, 0.1) is 0 Å². The molecule has 1 atom stereocenters. The molecule has 0 saturated carbocycles. The number of benzene rings is 1. The number of allylic oxidation sites excluding steroid dienone is 1. The Morgan fingerprint density at radius 1 is 1.32 bits per heavy atom. The van der Waals surface area contributed by atoms with E-state index in [0.29, 0.717) is 6.42 Å². The van der Waals surface area contributed by atoms with Crippen LogP contribution in [0.2, 0.25) is 19.1 Å². The summed E-state index contributed by atoms with van der Waals surface area (Å²) in [5.74, 6) is -0.674. The number of hydrogen-bond acceptors (Lipinski definition) is 3. The van der Waals surface area contributed by atoms with Gasteiger partial charge in [0.05, 0.1) is 15.2 Å². The van der Waals surface area contributed by atoms with Crippen molar-refractivity contribution in [3.05, 3.63) is 42.5 Å². The molecule has 5 heteroatoms. The lowest BCUT2D eigenvalue weighted by Gasteiger charge is -2.22. The largest absolute Gasteiger partial charge is 0.467 e. The summed E-state index contributed by atoms with van der Waals surface area (Å²) in [7, 11) is -0.154. The second-order valence-electron chi connectivity index (χ2n) is 6.05. The number of hydrogen-bond donors (Lipinski definition) is 1. The second kappa shape index (κ2) is 7.94. The molecule has 1 rings (SSSR count). The van der Waals surface area contributed by atoms with E-state index >= 15 is 0 Å². The highest BCUT2D eigenvalue weighted by molar-refractivity contribution is 6.90. The van der Waals surface area contributed by atoms with Crippen LogP contribution in [0.25, 0.3) is 0 Å². The molecule has 0 aliphatic heterocycles. The summed E-state index contributed by atoms with van der Waals surface area (Å²) < 4.78 is 4.74. The van der Waals surface area contributed by atoms with Gasteiger partial charge in [-0.3, -0.25) is 4.79 Å². The molecule has 120 valence electrons. The molecule has 0 saturated heterocycles. The van der Waals surface area contributed by atoms with Gasteiger partial charge in [-0.25, -0.2) is 4.79 Å². The van der Waals surface area contributed by atoms with Gasteiger partial charge in [0.15, 0.2) is 0 Å². The number of esters is 1. The number of ether oxygens (including phenoxy) is 1. The van der Waals surface area contributed by atoms with Crippen LogP contribution in [0.3, 0.4) is 0 Å². The van der Waals surface area contributed by atoms with Crippen LogP contribution in [0.5, 0.6) is 0 Å². The number of methoxy groups -OCH3 is 1. The third-order valence-corrected chi connectivity index (χ3v) is 6.90. The summed E-state index contributed by atoms with van der Waals surface area (Å²) in [6.45, 7) is 9.83. The lowest BCUT2D eigenvalue weighted by atomic mass is 10.1. The molecule has 0 fully saturated rings. The minimum absolute atomic E-state index is 0.244. The van der Waals surface area contributed by atoms with Crippen molar-refractivity contribution in [2.75, 3.05) is 7.11 Å². The van der Waals surface area contributed by atoms with Gasteiger partial charge in [-0.1, -0.05) is 48.6 Å². The van der Waals surface area contributed by atoms with Gasteiger partial charge in [0.1, 0.15) is 6.04 Å². The van der Waals surface area contributed by atoms with Crippen molar-refractivity contribution >= 4 is 25.1 Å². The fourth-order valence-corrected chi connectivity index (χ4v) is 4.41. The average molecular weight is 319 g/mol. The minimum atomic E-state index is -1.48. The van der Waals surface area contributed by atoms with Crippen molar-refractivity contribution < 1.29 is 14.3 Å². The summed E-state index contributed by atoms with van der Waals surface area (Å²) >= 11 is 0. The van der Waals surface area contributed by atoms with Gasteiger partial charge >= 0.3 is 5.97 Å². The van der Waals surface area contributed by atoms with Crippen molar-refractivity contribution in [1.82, 2.24) is 5.32 Å². The number of carbonyl (C=O) groups is 2. The Hall–Kier alpha value is -1.88. The first kappa shape index (κ1) is 18.2. The van der Waals surface area contributed by atoms with Crippen LogP contribution in [-0.4, -0.2) is 33.1 Å². The molecular weight excluding hydrogens is 294 g/mol. The summed E-state index contributed by atoms with van der Waals surface area (Å²) in [6.07, 6.45) is 2.40. The number of amides is 1. The van der Waals surface area contributed by atoms with E-state index in [-0.39, 0.29) is 5.91 Å². The smallest absolute Gasteiger partial charge is 0.328 e. The van der Waals surface area contributed by atoms with Crippen LogP contribution in [-0.2, 0) is 20.7 Å². The third-order valence-electron chi connectivity index (χ3n) is 3.69. The molecule has 0 aliphatic carbocycles. The highest BCUT2D eigenvalue weighted by atomic mass is 28.3. The second-order valence-corrected chi connectivity index (χ2v) is 10.8. The van der Waals surface area contributed by atoms with Crippen LogP contribution in [0.1, 0.15) is 12.5 Å². The highest BCUT2D eigenvalue weighted by Gasteiger charge is 2.23. The van der Waals surface area contributed by atoms with Crippen LogP contribution in [0.15, 0.2) is 36.9 Å². The van der Waals surface area contributed by atoms with Gasteiger partial charge in [-0.2, -0.15) is 0 Å². The van der Waals surface area contributed by atoms with Crippen molar-refractivity contribution in [3.63, 3.8) is 0 Å². The fraction of sp³-hybridized carbons (Fsp3) is 0.412. The van der Waals surface area contributed by atoms with Crippen LogP contribution in [0.4, 0.5) is 0 Å². The molecule has 1 N–H and O–H groups in total. The molecule has 0 bridgehead atoms. The molecule has 22 heavy (non-hydrogen) atoms. The summed E-state index contributed by atoms with van der Waals surface area (Å²) in [5.41, 5.74) is 0.997. The van der Waals surface area contributed by atoms with E-state index in [1.54, 1.807) is 0 Å². The van der Waals surface area contributed by atoms with E-state index in [9.17, 15) is 9.59 Å². The van der Waals surface area contributed by atoms with E-state index in [4.69, 9.17) is 4.74 Å². The topological polar surface area (TPSA) is 55.4 Å². The molecule has 0 spiro atoms. The molecule has 0 radical (unpaired) electrons. The van der Waals surface area contributed by atoms with E-state index in [0.717, 1.165) is 11.6 Å².